The molecule has 8 heteroatoms. The van der Waals surface area contributed by atoms with E-state index in [0.717, 1.165) is 18.6 Å². The van der Waals surface area contributed by atoms with Gasteiger partial charge in [-0.1, -0.05) is 62.5 Å². The second-order valence-corrected chi connectivity index (χ2v) is 10.8. The Kier molecular flexibility index (Phi) is 11.4. The van der Waals surface area contributed by atoms with Gasteiger partial charge in [0.1, 0.15) is 0 Å². The Balaban J connectivity index is 1.82. The number of benzene rings is 1. The summed E-state index contributed by atoms with van der Waals surface area (Å²) in [6.07, 6.45) is 9.78. The lowest BCUT2D eigenvalue weighted by Gasteiger charge is -2.37. The molecule has 3 N–H and O–H groups in total. The van der Waals surface area contributed by atoms with Gasteiger partial charge in [-0.2, -0.15) is 13.2 Å². The van der Waals surface area contributed by atoms with Gasteiger partial charge in [-0.05, 0) is 62.8 Å². The number of rotatable bonds is 13. The first-order valence-corrected chi connectivity index (χ1v) is 13.9. The van der Waals surface area contributed by atoms with Crippen molar-refractivity contribution in [3.05, 3.63) is 59.2 Å². The van der Waals surface area contributed by atoms with Crippen LogP contribution in [0.3, 0.4) is 0 Å². The maximum atomic E-state index is 13.5. The number of alkyl halides is 3. The van der Waals surface area contributed by atoms with Crippen molar-refractivity contribution in [2.75, 3.05) is 27.3 Å². The second kappa shape index (κ2) is 14.3. The molecule has 1 amide bonds. The molecule has 1 saturated carbocycles. The van der Waals surface area contributed by atoms with Crippen LogP contribution in [0.15, 0.2) is 48.1 Å². The van der Waals surface area contributed by atoms with E-state index in [4.69, 9.17) is 4.74 Å². The van der Waals surface area contributed by atoms with Crippen LogP contribution in [0, 0.1) is 11.8 Å². The van der Waals surface area contributed by atoms with Crippen molar-refractivity contribution in [1.82, 2.24) is 10.6 Å². The highest BCUT2D eigenvalue weighted by Gasteiger charge is 2.40. The van der Waals surface area contributed by atoms with E-state index in [1.54, 1.807) is 25.3 Å². The minimum absolute atomic E-state index is 0.0123. The van der Waals surface area contributed by atoms with E-state index in [1.165, 1.54) is 38.2 Å². The number of aliphatic hydroxyl groups is 1. The van der Waals surface area contributed by atoms with Gasteiger partial charge in [0.25, 0.3) is 5.91 Å². The van der Waals surface area contributed by atoms with Crippen LogP contribution in [-0.4, -0.2) is 44.4 Å². The number of likely N-dealkylation sites (N-methyl/N-ethyl adjacent to an activating group) is 1. The lowest BCUT2D eigenvalue weighted by atomic mass is 9.73. The molecule has 38 heavy (non-hydrogen) atoms. The van der Waals surface area contributed by atoms with E-state index in [1.807, 2.05) is 13.1 Å². The van der Waals surface area contributed by atoms with Gasteiger partial charge in [0.05, 0.1) is 11.2 Å². The van der Waals surface area contributed by atoms with Crippen LogP contribution in [0.5, 0.6) is 0 Å². The molecule has 0 radical (unpaired) electrons. The lowest BCUT2D eigenvalue weighted by Crippen LogP contribution is -2.43. The van der Waals surface area contributed by atoms with Gasteiger partial charge in [0.2, 0.25) is 0 Å². The maximum absolute atomic E-state index is 13.5. The lowest BCUT2D eigenvalue weighted by molar-refractivity contribution is -0.137. The number of nitrogens with one attached hydrogen (secondary N) is 2. The van der Waals surface area contributed by atoms with Gasteiger partial charge >= 0.3 is 6.18 Å². The first kappa shape index (κ1) is 30.4. The minimum atomic E-state index is -4.51. The second-order valence-electron chi connectivity index (χ2n) is 10.8. The standard InChI is InChI=1S/C30H43F3N2O3/c1-34-21-27(18-22-10-4-3-5-11-22)35-28(36)23-12-8-13-24(19-23)29(37,16-6-7-17-38-2)25-14-9-15-26(20-25)30(31,32)33/h8-9,12,14-15,19-20,22,24,27,34,37H,3-7,10-11,13,16-18,21H2,1-2H3,(H,35,36)/t24?,27-,29-/m0/s1. The number of hydrogen-bond donors (Lipinski definition) is 3. The molecule has 3 rings (SSSR count). The molecule has 0 aromatic heterocycles. The highest BCUT2D eigenvalue weighted by Crippen LogP contribution is 2.42. The Labute approximate surface area is 224 Å². The van der Waals surface area contributed by atoms with Gasteiger partial charge in [-0.3, -0.25) is 4.79 Å². The molecule has 1 unspecified atom stereocenters. The summed E-state index contributed by atoms with van der Waals surface area (Å²) in [5, 5.41) is 18.3. The third-order valence-corrected chi connectivity index (χ3v) is 7.92. The number of amides is 1. The molecule has 1 aromatic carbocycles. The highest BCUT2D eigenvalue weighted by molar-refractivity contribution is 5.96. The number of methoxy groups -OCH3 is 1. The summed E-state index contributed by atoms with van der Waals surface area (Å²) in [6.45, 7) is 1.16. The van der Waals surface area contributed by atoms with E-state index in [0.29, 0.717) is 43.9 Å². The summed E-state index contributed by atoms with van der Waals surface area (Å²) in [7, 11) is 3.46. The predicted octanol–water partition coefficient (Wildman–Crippen LogP) is 5.89. The molecule has 0 saturated heterocycles. The molecule has 2 aliphatic carbocycles. The van der Waals surface area contributed by atoms with E-state index >= 15 is 0 Å². The largest absolute Gasteiger partial charge is 0.416 e. The van der Waals surface area contributed by atoms with E-state index < -0.39 is 23.3 Å². The predicted molar refractivity (Wildman–Crippen MR) is 143 cm³/mol. The zero-order valence-corrected chi connectivity index (χ0v) is 22.7. The number of hydrogen-bond acceptors (Lipinski definition) is 4. The fourth-order valence-electron chi connectivity index (χ4n) is 5.85. The van der Waals surface area contributed by atoms with Crippen LogP contribution in [0.2, 0.25) is 0 Å². The fraction of sp³-hybridized carbons (Fsp3) is 0.633. The van der Waals surface area contributed by atoms with Crippen molar-refractivity contribution in [2.45, 2.75) is 82.0 Å². The number of ether oxygens (including phenoxy) is 1. The fourth-order valence-corrected chi connectivity index (χ4v) is 5.85. The zero-order valence-electron chi connectivity index (χ0n) is 22.7. The summed E-state index contributed by atoms with van der Waals surface area (Å²) in [5.41, 5.74) is -1.70. The van der Waals surface area contributed by atoms with Crippen LogP contribution < -0.4 is 10.6 Å². The molecule has 0 heterocycles. The molecule has 2 aliphatic rings. The zero-order chi connectivity index (χ0) is 27.6. The molecule has 0 aliphatic heterocycles. The number of allylic oxidation sites excluding steroid dienone is 1. The third kappa shape index (κ3) is 8.42. The van der Waals surface area contributed by atoms with E-state index in [9.17, 15) is 23.1 Å². The Bertz CT molecular complexity index is 956. The third-order valence-electron chi connectivity index (χ3n) is 7.92. The molecule has 1 aromatic rings. The number of halogens is 3. The van der Waals surface area contributed by atoms with E-state index in [2.05, 4.69) is 10.6 Å². The molecular weight excluding hydrogens is 493 g/mol. The summed E-state index contributed by atoms with van der Waals surface area (Å²) in [4.78, 5) is 13.3. The Morgan fingerprint density at radius 1 is 1.16 bits per heavy atom. The number of carbonyl (C=O) groups excluding carboxylic acids is 1. The van der Waals surface area contributed by atoms with Gasteiger partial charge in [0, 0.05) is 37.8 Å². The molecule has 212 valence electrons. The van der Waals surface area contributed by atoms with Crippen LogP contribution in [-0.2, 0) is 21.3 Å². The van der Waals surface area contributed by atoms with Crippen molar-refractivity contribution >= 4 is 5.91 Å². The summed E-state index contributed by atoms with van der Waals surface area (Å²) >= 11 is 0. The highest BCUT2D eigenvalue weighted by atomic mass is 19.4. The van der Waals surface area contributed by atoms with Gasteiger partial charge in [0.15, 0.2) is 0 Å². The Morgan fingerprint density at radius 2 is 1.89 bits per heavy atom. The normalized spacial score (nSPS) is 21.0. The average Bonchev–Trinajstić information content (AvgIpc) is 2.91. The topological polar surface area (TPSA) is 70.6 Å². The van der Waals surface area contributed by atoms with Crippen molar-refractivity contribution in [1.29, 1.82) is 0 Å². The van der Waals surface area contributed by atoms with Crippen LogP contribution in [0.25, 0.3) is 0 Å². The summed E-state index contributed by atoms with van der Waals surface area (Å²) in [5.74, 6) is -0.155. The average molecular weight is 537 g/mol. The first-order chi connectivity index (χ1) is 18.2. The smallest absolute Gasteiger partial charge is 0.385 e. The van der Waals surface area contributed by atoms with Gasteiger partial charge in [-0.15, -0.1) is 0 Å². The number of unbranched alkanes of at least 4 members (excludes halogenated alkanes) is 1. The molecule has 0 bridgehead atoms. The van der Waals surface area contributed by atoms with Crippen molar-refractivity contribution in [3.63, 3.8) is 0 Å². The number of carbonyl (C=O) groups is 1. The summed E-state index contributed by atoms with van der Waals surface area (Å²) < 4.78 is 45.6. The molecular formula is C30H43F3N2O3. The van der Waals surface area contributed by atoms with Crippen molar-refractivity contribution in [3.8, 4) is 0 Å². The molecule has 1 fully saturated rings. The Morgan fingerprint density at radius 3 is 2.58 bits per heavy atom. The van der Waals surface area contributed by atoms with Gasteiger partial charge < -0.3 is 20.5 Å². The Hall–Kier alpha value is -2.16. The molecule has 0 spiro atoms. The van der Waals surface area contributed by atoms with Crippen LogP contribution in [0.1, 0.15) is 75.3 Å². The monoisotopic (exact) mass is 536 g/mol. The quantitative estimate of drug-likeness (QED) is 0.275. The maximum Gasteiger partial charge on any atom is 0.416 e. The minimum Gasteiger partial charge on any atom is -0.385 e. The van der Waals surface area contributed by atoms with E-state index in [-0.39, 0.29) is 23.9 Å². The van der Waals surface area contributed by atoms with Crippen LogP contribution in [0.4, 0.5) is 13.2 Å². The van der Waals surface area contributed by atoms with Crippen molar-refractivity contribution < 1.29 is 27.8 Å². The molecule has 3 atom stereocenters. The molecule has 5 nitrogen and oxygen atoms in total. The first-order valence-electron chi connectivity index (χ1n) is 13.9. The summed E-state index contributed by atoms with van der Waals surface area (Å²) in [6, 6.07) is 4.92. The van der Waals surface area contributed by atoms with Crippen molar-refractivity contribution in [2.24, 2.45) is 11.8 Å². The SMILES string of the molecule is CNC[C@H](CC1CCCCC1)NC(=O)C1=CC([C@@](O)(CCCCOC)c2cccc(C(F)(F)F)c2)CC=C1. The van der Waals surface area contributed by atoms with Crippen LogP contribution >= 0.6 is 0 Å². The van der Waals surface area contributed by atoms with Gasteiger partial charge in [-0.25, -0.2) is 0 Å².